The third-order valence-electron chi connectivity index (χ3n) is 11.0. The van der Waals surface area contributed by atoms with Crippen LogP contribution in [0.2, 0.25) is 0 Å². The molecule has 218 valence electrons. The third-order valence-corrected chi connectivity index (χ3v) is 11.0. The highest BCUT2D eigenvalue weighted by molar-refractivity contribution is 6.23. The van der Waals surface area contributed by atoms with Gasteiger partial charge in [0.15, 0.2) is 0 Å². The van der Waals surface area contributed by atoms with Crippen molar-refractivity contribution in [3.63, 3.8) is 0 Å². The van der Waals surface area contributed by atoms with Gasteiger partial charge in [-0.25, -0.2) is 0 Å². The van der Waals surface area contributed by atoms with Gasteiger partial charge in [-0.15, -0.1) is 0 Å². The van der Waals surface area contributed by atoms with Crippen LogP contribution in [0.25, 0.3) is 54.6 Å². The third kappa shape index (κ3) is 3.93. The summed E-state index contributed by atoms with van der Waals surface area (Å²) in [4.78, 5) is 2.67. The van der Waals surface area contributed by atoms with Gasteiger partial charge in [0.2, 0.25) is 0 Å². The van der Waals surface area contributed by atoms with Crippen LogP contribution < -0.4 is 4.90 Å². The lowest BCUT2D eigenvalue weighted by Crippen LogP contribution is -2.46. The molecule has 0 bridgehead atoms. The summed E-state index contributed by atoms with van der Waals surface area (Å²) in [6, 6.07) is 52.1. The van der Waals surface area contributed by atoms with Crippen molar-refractivity contribution in [2.45, 2.75) is 44.6 Å². The zero-order chi connectivity index (χ0) is 30.1. The second kappa shape index (κ2) is 10.1. The van der Waals surface area contributed by atoms with Gasteiger partial charge in [0.25, 0.3) is 0 Å². The quantitative estimate of drug-likeness (QED) is 0.188. The molecular formula is C44H37N. The molecule has 1 fully saturated rings. The van der Waals surface area contributed by atoms with Gasteiger partial charge < -0.3 is 4.90 Å². The Kier molecular flexibility index (Phi) is 5.94. The van der Waals surface area contributed by atoms with Crippen molar-refractivity contribution in [2.75, 3.05) is 4.90 Å². The van der Waals surface area contributed by atoms with Crippen molar-refractivity contribution in [1.82, 2.24) is 0 Å². The van der Waals surface area contributed by atoms with E-state index in [4.69, 9.17) is 0 Å². The van der Waals surface area contributed by atoms with Crippen molar-refractivity contribution in [2.24, 2.45) is 5.92 Å². The smallest absolute Gasteiger partial charge is 0.0492 e. The predicted molar refractivity (Wildman–Crippen MR) is 193 cm³/mol. The van der Waals surface area contributed by atoms with E-state index in [0.717, 1.165) is 5.92 Å². The lowest BCUT2D eigenvalue weighted by atomic mass is 9.69. The Morgan fingerprint density at radius 3 is 1.91 bits per heavy atom. The van der Waals surface area contributed by atoms with Crippen LogP contribution in [0.15, 0.2) is 140 Å². The van der Waals surface area contributed by atoms with E-state index in [1.165, 1.54) is 90.8 Å². The van der Waals surface area contributed by atoms with Crippen LogP contribution in [0.4, 0.5) is 11.4 Å². The van der Waals surface area contributed by atoms with Crippen LogP contribution in [0.5, 0.6) is 0 Å². The van der Waals surface area contributed by atoms with Gasteiger partial charge in [-0.1, -0.05) is 122 Å². The first-order valence-electron chi connectivity index (χ1n) is 16.5. The topological polar surface area (TPSA) is 3.24 Å². The van der Waals surface area contributed by atoms with Gasteiger partial charge in [0, 0.05) is 22.8 Å². The van der Waals surface area contributed by atoms with Gasteiger partial charge in [0.05, 0.1) is 0 Å². The van der Waals surface area contributed by atoms with Crippen LogP contribution in [0, 0.1) is 5.92 Å². The summed E-state index contributed by atoms with van der Waals surface area (Å²) in [7, 11) is 0. The minimum atomic E-state index is 0.0805. The fraction of sp³-hybridized carbons (Fsp3) is 0.182. The summed E-state index contributed by atoms with van der Waals surface area (Å²) >= 11 is 0. The molecule has 0 saturated heterocycles. The maximum Gasteiger partial charge on any atom is 0.0492 e. The van der Waals surface area contributed by atoms with Crippen molar-refractivity contribution in [3.05, 3.63) is 145 Å². The van der Waals surface area contributed by atoms with Crippen molar-refractivity contribution in [3.8, 4) is 22.3 Å². The Morgan fingerprint density at radius 1 is 0.600 bits per heavy atom. The van der Waals surface area contributed by atoms with Gasteiger partial charge in [-0.05, 0) is 117 Å². The van der Waals surface area contributed by atoms with Crippen LogP contribution in [0.3, 0.4) is 0 Å². The molecule has 9 rings (SSSR count). The average molecular weight is 580 g/mol. The summed E-state index contributed by atoms with van der Waals surface area (Å²) in [5.74, 6) is 1.24. The maximum atomic E-state index is 2.67. The van der Waals surface area contributed by atoms with Gasteiger partial charge in [-0.2, -0.15) is 0 Å². The molecule has 0 spiro atoms. The number of nitrogens with zero attached hydrogens (tertiary/aromatic N) is 1. The molecule has 7 aromatic carbocycles. The minimum absolute atomic E-state index is 0.0805. The Bertz CT molecular complexity index is 2180. The summed E-state index contributed by atoms with van der Waals surface area (Å²) in [6.45, 7) is 4.96. The first kappa shape index (κ1) is 26.5. The Morgan fingerprint density at radius 2 is 1.20 bits per heavy atom. The van der Waals surface area contributed by atoms with Gasteiger partial charge >= 0.3 is 0 Å². The van der Waals surface area contributed by atoms with E-state index < -0.39 is 0 Å². The number of anilines is 2. The van der Waals surface area contributed by atoms with E-state index in [1.54, 1.807) is 0 Å². The lowest BCUT2D eigenvalue weighted by Gasteiger charge is -2.45. The standard InChI is InChI=1S/C44H37N/c1-29-25-26-44(2)40(27-29)39-28-31(23-24-41(39)45(44)32-15-4-3-5-16-32)42-35-18-8-10-20-37(35)43(38-21-11-9-19-36(38)42)34-22-12-14-30-13-6-7-17-33(30)34/h3-24,28-29,40H,25-27H2,1-2H3. The number of rotatable bonds is 3. The fourth-order valence-corrected chi connectivity index (χ4v) is 8.87. The van der Waals surface area contributed by atoms with Crippen molar-refractivity contribution >= 4 is 43.7 Å². The number of hydrogen-bond donors (Lipinski definition) is 0. The van der Waals surface area contributed by atoms with E-state index in [1.807, 2.05) is 0 Å². The molecule has 3 unspecified atom stereocenters. The minimum Gasteiger partial charge on any atom is -0.335 e. The van der Waals surface area contributed by atoms with Gasteiger partial charge in [-0.3, -0.25) is 0 Å². The Balaban J connectivity index is 1.32. The van der Waals surface area contributed by atoms with Crippen LogP contribution in [0.1, 0.15) is 44.6 Å². The highest BCUT2D eigenvalue weighted by atomic mass is 15.2. The van der Waals surface area contributed by atoms with Gasteiger partial charge in [0.1, 0.15) is 0 Å². The molecule has 1 heterocycles. The summed E-state index contributed by atoms with van der Waals surface area (Å²) in [5, 5.41) is 7.83. The summed E-state index contributed by atoms with van der Waals surface area (Å²) < 4.78 is 0. The Hall–Kier alpha value is -4.88. The summed E-state index contributed by atoms with van der Waals surface area (Å²) in [6.07, 6.45) is 3.73. The van der Waals surface area contributed by atoms with Crippen LogP contribution >= 0.6 is 0 Å². The normalized spacial score (nSPS) is 20.9. The molecule has 7 aromatic rings. The molecule has 45 heavy (non-hydrogen) atoms. The van der Waals surface area contributed by atoms with E-state index in [-0.39, 0.29) is 5.54 Å². The molecule has 3 atom stereocenters. The monoisotopic (exact) mass is 579 g/mol. The Labute approximate surface area is 265 Å². The summed E-state index contributed by atoms with van der Waals surface area (Å²) in [5.41, 5.74) is 9.57. The maximum absolute atomic E-state index is 2.67. The lowest BCUT2D eigenvalue weighted by molar-refractivity contribution is 0.237. The molecule has 1 aliphatic carbocycles. The number of benzene rings is 7. The molecule has 0 aromatic heterocycles. The predicted octanol–water partition coefficient (Wildman–Crippen LogP) is 12.3. The highest BCUT2D eigenvalue weighted by Crippen LogP contribution is 2.59. The molecule has 0 amide bonds. The molecule has 1 aliphatic heterocycles. The zero-order valence-electron chi connectivity index (χ0n) is 26.0. The molecule has 1 nitrogen and oxygen atoms in total. The second-order valence-corrected chi connectivity index (χ2v) is 13.6. The number of fused-ring (bicyclic) bond motifs is 6. The van der Waals surface area contributed by atoms with Crippen LogP contribution in [-0.2, 0) is 0 Å². The SMILES string of the molecule is CC1CCC2(C)C(C1)c1cc(-c3c4ccccc4c(-c4cccc5ccccc45)c4ccccc34)ccc1N2c1ccccc1. The fourth-order valence-electron chi connectivity index (χ4n) is 8.87. The number of para-hydroxylation sites is 1. The molecule has 0 radical (unpaired) electrons. The zero-order valence-corrected chi connectivity index (χ0v) is 26.0. The largest absolute Gasteiger partial charge is 0.335 e. The van der Waals surface area contributed by atoms with Crippen molar-refractivity contribution < 1.29 is 0 Å². The average Bonchev–Trinajstić information content (AvgIpc) is 3.34. The second-order valence-electron chi connectivity index (χ2n) is 13.6. The van der Waals surface area contributed by atoms with E-state index in [9.17, 15) is 0 Å². The molecule has 1 saturated carbocycles. The molecule has 1 heteroatoms. The first-order chi connectivity index (χ1) is 22.1. The van der Waals surface area contributed by atoms with E-state index >= 15 is 0 Å². The van der Waals surface area contributed by atoms with E-state index in [0.29, 0.717) is 5.92 Å². The van der Waals surface area contributed by atoms with Crippen molar-refractivity contribution in [1.29, 1.82) is 0 Å². The van der Waals surface area contributed by atoms with E-state index in [2.05, 4.69) is 158 Å². The highest BCUT2D eigenvalue weighted by Gasteiger charge is 2.51. The van der Waals surface area contributed by atoms with Crippen LogP contribution in [-0.4, -0.2) is 5.54 Å². The first-order valence-corrected chi connectivity index (χ1v) is 16.5. The molecular weight excluding hydrogens is 542 g/mol. The molecule has 2 aliphatic rings. The molecule has 0 N–H and O–H groups in total. The number of hydrogen-bond acceptors (Lipinski definition) is 1.